The van der Waals surface area contributed by atoms with Crippen molar-refractivity contribution in [2.24, 2.45) is 0 Å². The molecule has 3 heteroatoms. The van der Waals surface area contributed by atoms with Gasteiger partial charge < -0.3 is 4.42 Å². The minimum Gasteiger partial charge on any atom is -0.469 e. The Kier molecular flexibility index (Phi) is 2.45. The highest BCUT2D eigenvalue weighted by atomic mass is 16.3. The van der Waals surface area contributed by atoms with E-state index in [0.717, 1.165) is 10.9 Å². The summed E-state index contributed by atoms with van der Waals surface area (Å²) in [5.74, 6) is 0.582. The van der Waals surface area contributed by atoms with Gasteiger partial charge in [0.1, 0.15) is 5.76 Å². The van der Waals surface area contributed by atoms with Crippen molar-refractivity contribution in [1.82, 2.24) is 4.98 Å². The molecule has 0 atom stereocenters. The van der Waals surface area contributed by atoms with Gasteiger partial charge in [-0.15, -0.1) is 0 Å². The fraction of sp³-hybridized carbons (Fsp3) is 0.0667. The number of aryl methyl sites for hydroxylation is 1. The molecule has 18 heavy (non-hydrogen) atoms. The van der Waals surface area contributed by atoms with E-state index < -0.39 is 0 Å². The average molecular weight is 237 g/mol. The number of hydrogen-bond donors (Lipinski definition) is 0. The van der Waals surface area contributed by atoms with E-state index in [1.54, 1.807) is 25.3 Å². The summed E-state index contributed by atoms with van der Waals surface area (Å²) in [6.45, 7) is 1.78. The van der Waals surface area contributed by atoms with Gasteiger partial charge in [0.25, 0.3) is 0 Å². The van der Waals surface area contributed by atoms with Crippen molar-refractivity contribution in [3.63, 3.8) is 0 Å². The van der Waals surface area contributed by atoms with Crippen LogP contribution < -0.4 is 0 Å². The maximum Gasteiger partial charge on any atom is 0.198 e. The number of nitrogens with zero attached hydrogens (tertiary/aromatic N) is 1. The molecule has 0 aliphatic heterocycles. The van der Waals surface area contributed by atoms with E-state index in [-0.39, 0.29) is 5.78 Å². The highest BCUT2D eigenvalue weighted by molar-refractivity contribution is 6.15. The van der Waals surface area contributed by atoms with Gasteiger partial charge in [0, 0.05) is 17.1 Å². The first-order valence-electron chi connectivity index (χ1n) is 5.70. The SMILES string of the molecule is Cc1occc1C(=O)c1cccc2cccnc12. The molecule has 0 spiro atoms. The Bertz CT molecular complexity index is 723. The standard InChI is InChI=1S/C15H11NO2/c1-10-12(7-9-18-10)15(17)13-6-2-4-11-5-3-8-16-14(11)13/h2-9H,1H3. The van der Waals surface area contributed by atoms with Crippen LogP contribution in [0, 0.1) is 6.92 Å². The molecular formula is C15H11NO2. The molecule has 3 nitrogen and oxygen atoms in total. The fourth-order valence-corrected chi connectivity index (χ4v) is 2.05. The zero-order valence-electron chi connectivity index (χ0n) is 9.88. The molecule has 0 aliphatic carbocycles. The topological polar surface area (TPSA) is 43.1 Å². The average Bonchev–Trinajstić information content (AvgIpc) is 2.83. The zero-order valence-corrected chi connectivity index (χ0v) is 9.88. The van der Waals surface area contributed by atoms with Gasteiger partial charge in [0.15, 0.2) is 5.78 Å². The highest BCUT2D eigenvalue weighted by Gasteiger charge is 2.16. The quantitative estimate of drug-likeness (QED) is 0.642. The third kappa shape index (κ3) is 1.61. The van der Waals surface area contributed by atoms with Crippen LogP contribution in [0.3, 0.4) is 0 Å². The van der Waals surface area contributed by atoms with Crippen molar-refractivity contribution >= 4 is 16.7 Å². The summed E-state index contributed by atoms with van der Waals surface area (Å²) in [6.07, 6.45) is 3.22. The van der Waals surface area contributed by atoms with Gasteiger partial charge in [-0.2, -0.15) is 0 Å². The second kappa shape index (κ2) is 4.11. The summed E-state index contributed by atoms with van der Waals surface area (Å²) in [5.41, 5.74) is 1.93. The normalized spacial score (nSPS) is 10.7. The molecule has 0 unspecified atom stereocenters. The Morgan fingerprint density at radius 1 is 1.11 bits per heavy atom. The molecule has 0 saturated heterocycles. The molecule has 1 aromatic carbocycles. The van der Waals surface area contributed by atoms with E-state index in [4.69, 9.17) is 4.42 Å². The molecule has 0 N–H and O–H groups in total. The van der Waals surface area contributed by atoms with E-state index in [1.807, 2.05) is 24.3 Å². The first-order chi connectivity index (χ1) is 8.77. The number of furan rings is 1. The van der Waals surface area contributed by atoms with Crippen LogP contribution in [-0.2, 0) is 0 Å². The minimum absolute atomic E-state index is 0.0504. The van der Waals surface area contributed by atoms with E-state index in [9.17, 15) is 4.79 Å². The van der Waals surface area contributed by atoms with Gasteiger partial charge in [-0.05, 0) is 25.1 Å². The lowest BCUT2D eigenvalue weighted by molar-refractivity contribution is 0.103. The number of pyridine rings is 1. The van der Waals surface area contributed by atoms with Crippen LogP contribution in [-0.4, -0.2) is 10.8 Å². The van der Waals surface area contributed by atoms with Crippen molar-refractivity contribution in [2.45, 2.75) is 6.92 Å². The summed E-state index contributed by atoms with van der Waals surface area (Å²) in [5, 5.41) is 0.962. The third-order valence-corrected chi connectivity index (χ3v) is 2.98. The molecule has 0 radical (unpaired) electrons. The smallest absolute Gasteiger partial charge is 0.198 e. The lowest BCUT2D eigenvalue weighted by Gasteiger charge is -2.03. The first kappa shape index (κ1) is 10.7. The molecule has 88 valence electrons. The molecule has 0 bridgehead atoms. The van der Waals surface area contributed by atoms with Gasteiger partial charge in [0.2, 0.25) is 0 Å². The Morgan fingerprint density at radius 3 is 2.72 bits per heavy atom. The molecule has 0 saturated carbocycles. The van der Waals surface area contributed by atoms with Crippen LogP contribution in [0.15, 0.2) is 53.3 Å². The van der Waals surface area contributed by atoms with Crippen LogP contribution >= 0.6 is 0 Å². The van der Waals surface area contributed by atoms with E-state index in [2.05, 4.69) is 4.98 Å². The van der Waals surface area contributed by atoms with Crippen molar-refractivity contribution in [3.8, 4) is 0 Å². The van der Waals surface area contributed by atoms with Gasteiger partial charge in [0.05, 0.1) is 17.3 Å². The number of fused-ring (bicyclic) bond motifs is 1. The van der Waals surface area contributed by atoms with Gasteiger partial charge in [-0.25, -0.2) is 0 Å². The number of hydrogen-bond acceptors (Lipinski definition) is 3. The Balaban J connectivity index is 2.21. The predicted molar refractivity (Wildman–Crippen MR) is 68.6 cm³/mol. The van der Waals surface area contributed by atoms with Crippen molar-refractivity contribution in [1.29, 1.82) is 0 Å². The van der Waals surface area contributed by atoms with Crippen molar-refractivity contribution in [3.05, 3.63) is 65.7 Å². The molecule has 2 aromatic heterocycles. The fourth-order valence-electron chi connectivity index (χ4n) is 2.05. The molecule has 0 aliphatic rings. The van der Waals surface area contributed by atoms with Gasteiger partial charge in [-0.1, -0.05) is 18.2 Å². The first-order valence-corrected chi connectivity index (χ1v) is 5.70. The molecule has 2 heterocycles. The van der Waals surface area contributed by atoms with Crippen molar-refractivity contribution in [2.75, 3.05) is 0 Å². The lowest BCUT2D eigenvalue weighted by Crippen LogP contribution is -2.03. The van der Waals surface area contributed by atoms with Crippen LogP contribution in [0.25, 0.3) is 10.9 Å². The van der Waals surface area contributed by atoms with Crippen LogP contribution in [0.2, 0.25) is 0 Å². The number of carbonyl (C=O) groups is 1. The number of para-hydroxylation sites is 1. The summed E-state index contributed by atoms with van der Waals surface area (Å²) < 4.78 is 5.18. The highest BCUT2D eigenvalue weighted by Crippen LogP contribution is 2.21. The van der Waals surface area contributed by atoms with Crippen LogP contribution in [0.5, 0.6) is 0 Å². The monoisotopic (exact) mass is 237 g/mol. The summed E-state index contributed by atoms with van der Waals surface area (Å²) >= 11 is 0. The Hall–Kier alpha value is -2.42. The minimum atomic E-state index is -0.0504. The van der Waals surface area contributed by atoms with Gasteiger partial charge >= 0.3 is 0 Å². The molecule has 3 rings (SSSR count). The molecule has 0 fully saturated rings. The number of ketones is 1. The maximum absolute atomic E-state index is 12.4. The second-order valence-electron chi connectivity index (χ2n) is 4.10. The predicted octanol–water partition coefficient (Wildman–Crippen LogP) is 3.37. The molecule has 3 aromatic rings. The Labute approximate surface area is 104 Å². The number of benzene rings is 1. The summed E-state index contributed by atoms with van der Waals surface area (Å²) in [4.78, 5) is 16.7. The Morgan fingerprint density at radius 2 is 1.94 bits per heavy atom. The molecule has 0 amide bonds. The number of carbonyl (C=O) groups excluding carboxylic acids is 1. The third-order valence-electron chi connectivity index (χ3n) is 2.98. The summed E-state index contributed by atoms with van der Waals surface area (Å²) in [7, 11) is 0. The van der Waals surface area contributed by atoms with Crippen LogP contribution in [0.1, 0.15) is 21.7 Å². The summed E-state index contributed by atoms with van der Waals surface area (Å²) in [6, 6.07) is 11.1. The zero-order chi connectivity index (χ0) is 12.5. The molecular weight excluding hydrogens is 226 g/mol. The lowest BCUT2D eigenvalue weighted by atomic mass is 10.0. The second-order valence-corrected chi connectivity index (χ2v) is 4.10. The van der Waals surface area contributed by atoms with E-state index in [1.165, 1.54) is 6.26 Å². The number of aromatic nitrogens is 1. The van der Waals surface area contributed by atoms with Gasteiger partial charge in [-0.3, -0.25) is 9.78 Å². The van der Waals surface area contributed by atoms with E-state index >= 15 is 0 Å². The number of rotatable bonds is 2. The maximum atomic E-state index is 12.4. The van der Waals surface area contributed by atoms with Crippen LogP contribution in [0.4, 0.5) is 0 Å². The van der Waals surface area contributed by atoms with E-state index in [0.29, 0.717) is 16.9 Å². The largest absolute Gasteiger partial charge is 0.469 e. The van der Waals surface area contributed by atoms with Crippen molar-refractivity contribution < 1.29 is 9.21 Å².